The highest BCUT2D eigenvalue weighted by Gasteiger charge is 2.35. The van der Waals surface area contributed by atoms with E-state index in [1.54, 1.807) is 33.7 Å². The first-order chi connectivity index (χ1) is 19.0. The highest BCUT2D eigenvalue weighted by atomic mass is 19.1. The molecule has 1 aliphatic rings. The topological polar surface area (TPSA) is 159 Å². The molecule has 1 fully saturated rings. The number of halogens is 1. The lowest BCUT2D eigenvalue weighted by Gasteiger charge is -2.41. The van der Waals surface area contributed by atoms with Gasteiger partial charge in [-0.05, 0) is 63.8 Å². The van der Waals surface area contributed by atoms with E-state index >= 15 is 4.39 Å². The van der Waals surface area contributed by atoms with E-state index in [0.29, 0.717) is 53.8 Å². The zero-order valence-electron chi connectivity index (χ0n) is 22.8. The second kappa shape index (κ2) is 12.0. The number of nitrogens with zero attached hydrogens (tertiary/aromatic N) is 5. The number of hydrogen-bond donors (Lipinski definition) is 3. The van der Waals surface area contributed by atoms with Gasteiger partial charge < -0.3 is 25.8 Å². The first-order valence-corrected chi connectivity index (χ1v) is 13.1. The maximum Gasteiger partial charge on any atom is 0.252 e. The van der Waals surface area contributed by atoms with Crippen LogP contribution in [0.15, 0.2) is 36.7 Å². The summed E-state index contributed by atoms with van der Waals surface area (Å²) in [5.74, 6) is -0.909. The minimum atomic E-state index is -1.64. The van der Waals surface area contributed by atoms with E-state index in [0.717, 1.165) is 0 Å². The van der Waals surface area contributed by atoms with Gasteiger partial charge in [-0.1, -0.05) is 0 Å². The molecule has 40 heavy (non-hydrogen) atoms. The summed E-state index contributed by atoms with van der Waals surface area (Å²) in [6.07, 6.45) is 3.70. The molecular weight excluding hydrogens is 517 g/mol. The number of nitriles is 1. The number of pyridine rings is 1. The van der Waals surface area contributed by atoms with Crippen molar-refractivity contribution in [2.24, 2.45) is 5.73 Å². The van der Waals surface area contributed by atoms with Gasteiger partial charge in [0.25, 0.3) is 5.91 Å². The lowest BCUT2D eigenvalue weighted by molar-refractivity contribution is -0.125. The van der Waals surface area contributed by atoms with Gasteiger partial charge >= 0.3 is 0 Å². The van der Waals surface area contributed by atoms with Crippen molar-refractivity contribution < 1.29 is 23.8 Å². The van der Waals surface area contributed by atoms with Crippen LogP contribution in [0.25, 0.3) is 16.9 Å². The highest BCUT2D eigenvalue weighted by molar-refractivity contribution is 5.99. The molecule has 0 aromatic carbocycles. The molecule has 1 atom stereocenters. The van der Waals surface area contributed by atoms with E-state index in [1.807, 2.05) is 0 Å². The molecule has 2 amide bonds. The van der Waals surface area contributed by atoms with Crippen molar-refractivity contribution in [2.45, 2.75) is 63.4 Å². The Morgan fingerprint density at radius 2 is 2.02 bits per heavy atom. The van der Waals surface area contributed by atoms with Crippen molar-refractivity contribution >= 4 is 23.0 Å². The number of anilines is 1. The van der Waals surface area contributed by atoms with E-state index in [9.17, 15) is 20.0 Å². The summed E-state index contributed by atoms with van der Waals surface area (Å²) < 4.78 is 21.9. The zero-order valence-corrected chi connectivity index (χ0v) is 22.8. The van der Waals surface area contributed by atoms with Gasteiger partial charge in [0.2, 0.25) is 5.91 Å². The molecule has 12 heteroatoms. The van der Waals surface area contributed by atoms with Crippen LogP contribution >= 0.6 is 0 Å². The molecule has 0 spiro atoms. The Labute approximate surface area is 231 Å². The summed E-state index contributed by atoms with van der Waals surface area (Å²) in [5, 5.41) is 26.9. The maximum atomic E-state index is 15.4. The van der Waals surface area contributed by atoms with E-state index in [-0.39, 0.29) is 36.7 Å². The molecule has 0 aliphatic heterocycles. The van der Waals surface area contributed by atoms with Gasteiger partial charge in [0, 0.05) is 25.4 Å². The molecule has 11 nitrogen and oxygen atoms in total. The Morgan fingerprint density at radius 3 is 2.65 bits per heavy atom. The summed E-state index contributed by atoms with van der Waals surface area (Å²) in [4.78, 5) is 30.8. The summed E-state index contributed by atoms with van der Waals surface area (Å²) in [6, 6.07) is 8.81. The minimum absolute atomic E-state index is 0.0238. The number of carbonyl (C=O) groups excluding carboxylic acids is 2. The summed E-state index contributed by atoms with van der Waals surface area (Å²) in [7, 11) is 1.46. The third-order valence-corrected chi connectivity index (χ3v) is 7.25. The SMILES string of the molecule is COCC(=O)NC1CCC(N(C[C@@H](F)C(C)(C)O)c2cc(-c3ccc4cc(C#N)cnn34)ncc2C(N)=O)CC1. The van der Waals surface area contributed by atoms with Crippen LogP contribution in [0.3, 0.4) is 0 Å². The van der Waals surface area contributed by atoms with E-state index in [4.69, 9.17) is 10.5 Å². The number of rotatable bonds is 10. The van der Waals surface area contributed by atoms with E-state index in [1.165, 1.54) is 33.4 Å². The zero-order chi connectivity index (χ0) is 29.0. The first kappa shape index (κ1) is 28.9. The van der Waals surface area contributed by atoms with Crippen LogP contribution < -0.4 is 16.0 Å². The van der Waals surface area contributed by atoms with Gasteiger partial charge in [0.05, 0.1) is 52.1 Å². The van der Waals surface area contributed by atoms with Gasteiger partial charge in [-0.3, -0.25) is 14.6 Å². The predicted octanol–water partition coefficient (Wildman–Crippen LogP) is 2.36. The van der Waals surface area contributed by atoms with Gasteiger partial charge in [-0.25, -0.2) is 8.91 Å². The molecule has 0 unspecified atom stereocenters. The largest absolute Gasteiger partial charge is 0.387 e. The van der Waals surface area contributed by atoms with Crippen molar-refractivity contribution in [2.75, 3.05) is 25.2 Å². The Balaban J connectivity index is 1.72. The lowest BCUT2D eigenvalue weighted by Crippen LogP contribution is -2.50. The lowest BCUT2D eigenvalue weighted by atomic mass is 9.88. The maximum absolute atomic E-state index is 15.4. The number of hydrogen-bond acceptors (Lipinski definition) is 8. The first-order valence-electron chi connectivity index (χ1n) is 13.1. The number of aliphatic hydroxyl groups is 1. The van der Waals surface area contributed by atoms with E-state index < -0.39 is 17.7 Å². The second-order valence-corrected chi connectivity index (χ2v) is 10.6. The van der Waals surface area contributed by atoms with Crippen molar-refractivity contribution in [1.29, 1.82) is 5.26 Å². The van der Waals surface area contributed by atoms with Crippen LogP contribution in [0.5, 0.6) is 0 Å². The molecule has 0 bridgehead atoms. The van der Waals surface area contributed by atoms with Crippen LogP contribution in [0, 0.1) is 11.3 Å². The number of alkyl halides is 1. The number of aromatic nitrogens is 3. The summed E-state index contributed by atoms with van der Waals surface area (Å²) in [5.41, 5.74) is 6.84. The van der Waals surface area contributed by atoms with Crippen LogP contribution in [-0.4, -0.2) is 75.6 Å². The summed E-state index contributed by atoms with van der Waals surface area (Å²) >= 11 is 0. The third-order valence-electron chi connectivity index (χ3n) is 7.25. The molecule has 0 saturated heterocycles. The molecule has 3 aromatic heterocycles. The van der Waals surface area contributed by atoms with Crippen LogP contribution in [-0.2, 0) is 9.53 Å². The average Bonchev–Trinajstić information content (AvgIpc) is 3.34. The smallest absolute Gasteiger partial charge is 0.252 e. The van der Waals surface area contributed by atoms with Crippen molar-refractivity contribution in [1.82, 2.24) is 19.9 Å². The molecule has 3 aromatic rings. The van der Waals surface area contributed by atoms with E-state index in [2.05, 4.69) is 21.5 Å². The normalized spacial score (nSPS) is 18.2. The van der Waals surface area contributed by atoms with Crippen molar-refractivity contribution in [3.8, 4) is 17.5 Å². The number of amides is 2. The fraction of sp³-hybridized carbons (Fsp3) is 0.464. The Hall–Kier alpha value is -4.08. The Morgan fingerprint density at radius 1 is 1.30 bits per heavy atom. The number of ether oxygens (including phenoxy) is 1. The van der Waals surface area contributed by atoms with Crippen LogP contribution in [0.1, 0.15) is 55.5 Å². The molecular formula is C28H34FN7O4. The molecule has 0 radical (unpaired) electrons. The number of carbonyl (C=O) groups is 2. The Bertz CT molecular complexity index is 1420. The third kappa shape index (κ3) is 6.38. The fourth-order valence-corrected chi connectivity index (χ4v) is 5.04. The molecule has 4 rings (SSSR count). The standard InChI is InChI=1S/C28H34FN7O4/c1-28(2,39)25(29)15-35(19-6-4-18(5-7-19)34-26(37)16-40-3)24-11-22(32-14-21(24)27(31)38)23-9-8-20-10-17(12-30)13-33-36(20)23/h8-11,13-14,18-19,25,39H,4-7,15-16H2,1-3H3,(H2,31,38)(H,34,37)/t18?,19?,25-/m1/s1. The Kier molecular flexibility index (Phi) is 8.66. The highest BCUT2D eigenvalue weighted by Crippen LogP contribution is 2.34. The monoisotopic (exact) mass is 551 g/mol. The number of primary amides is 1. The van der Waals surface area contributed by atoms with Gasteiger partial charge in [0.15, 0.2) is 0 Å². The predicted molar refractivity (Wildman–Crippen MR) is 146 cm³/mol. The average molecular weight is 552 g/mol. The van der Waals surface area contributed by atoms with Crippen LogP contribution in [0.2, 0.25) is 0 Å². The molecule has 1 aliphatic carbocycles. The fourth-order valence-electron chi connectivity index (χ4n) is 5.04. The molecule has 212 valence electrons. The van der Waals surface area contributed by atoms with Gasteiger partial charge in [-0.2, -0.15) is 10.4 Å². The van der Waals surface area contributed by atoms with Crippen molar-refractivity contribution in [3.63, 3.8) is 0 Å². The quantitative estimate of drug-likeness (QED) is 0.346. The van der Waals surface area contributed by atoms with Crippen molar-refractivity contribution in [3.05, 3.63) is 47.8 Å². The number of methoxy groups -OCH3 is 1. The molecule has 4 N–H and O–H groups in total. The second-order valence-electron chi connectivity index (χ2n) is 10.6. The van der Waals surface area contributed by atoms with Gasteiger partial charge in [0.1, 0.15) is 18.8 Å². The molecule has 3 heterocycles. The number of fused-ring (bicyclic) bond motifs is 1. The number of nitrogens with two attached hydrogens (primary N) is 1. The summed E-state index contributed by atoms with van der Waals surface area (Å²) in [6.45, 7) is 2.60. The van der Waals surface area contributed by atoms with Gasteiger partial charge in [-0.15, -0.1) is 0 Å². The minimum Gasteiger partial charge on any atom is -0.387 e. The molecule has 1 saturated carbocycles. The van der Waals surface area contributed by atoms with Crippen LogP contribution in [0.4, 0.5) is 10.1 Å². The number of nitrogens with one attached hydrogen (secondary N) is 1.